The molecule has 0 unspecified atom stereocenters. The summed E-state index contributed by atoms with van der Waals surface area (Å²) in [6.45, 7) is 2.33. The van der Waals surface area contributed by atoms with E-state index in [1.807, 2.05) is 31.2 Å². The number of hydrogen-bond donors (Lipinski definition) is 3. The Labute approximate surface area is 134 Å². The molecule has 1 aromatic carbocycles. The molecule has 1 fully saturated rings. The number of rotatable bonds is 4. The van der Waals surface area contributed by atoms with Crippen LogP contribution < -0.4 is 10.6 Å². The highest BCUT2D eigenvalue weighted by Crippen LogP contribution is 2.25. The molecule has 6 heteroatoms. The van der Waals surface area contributed by atoms with Gasteiger partial charge >= 0.3 is 6.03 Å². The highest BCUT2D eigenvalue weighted by Gasteiger charge is 2.25. The van der Waals surface area contributed by atoms with Gasteiger partial charge in [0.1, 0.15) is 5.76 Å². The van der Waals surface area contributed by atoms with Crippen molar-refractivity contribution in [2.24, 2.45) is 5.92 Å². The number of aromatic nitrogens is 1. The van der Waals surface area contributed by atoms with Gasteiger partial charge in [-0.3, -0.25) is 0 Å². The van der Waals surface area contributed by atoms with Gasteiger partial charge in [0.25, 0.3) is 0 Å². The van der Waals surface area contributed by atoms with Crippen molar-refractivity contribution in [3.63, 3.8) is 0 Å². The van der Waals surface area contributed by atoms with Gasteiger partial charge in [-0.15, -0.1) is 0 Å². The summed E-state index contributed by atoms with van der Waals surface area (Å²) in [5, 5.41) is 15.4. The Morgan fingerprint density at radius 3 is 3.00 bits per heavy atom. The molecule has 0 aliphatic heterocycles. The van der Waals surface area contributed by atoms with Crippen LogP contribution in [0.25, 0.3) is 11.5 Å². The Morgan fingerprint density at radius 1 is 1.43 bits per heavy atom. The molecule has 122 valence electrons. The number of urea groups is 1. The summed E-state index contributed by atoms with van der Waals surface area (Å²) >= 11 is 0. The number of oxazole rings is 1. The second-order valence-corrected chi connectivity index (χ2v) is 5.95. The molecule has 1 aromatic heterocycles. The molecule has 0 saturated heterocycles. The maximum Gasteiger partial charge on any atom is 0.319 e. The molecule has 6 nitrogen and oxygen atoms in total. The first kappa shape index (κ1) is 15.6. The molecule has 2 atom stereocenters. The highest BCUT2D eigenvalue weighted by molar-refractivity contribution is 5.89. The number of carbonyl (C=O) groups excluding carboxylic acids is 1. The molecule has 3 rings (SSSR count). The van der Waals surface area contributed by atoms with Crippen LogP contribution in [-0.2, 0) is 0 Å². The minimum atomic E-state index is -0.299. The molecule has 3 N–H and O–H groups in total. The van der Waals surface area contributed by atoms with E-state index < -0.39 is 0 Å². The van der Waals surface area contributed by atoms with Crippen LogP contribution in [0.15, 0.2) is 34.9 Å². The first-order valence-electron chi connectivity index (χ1n) is 7.87. The Morgan fingerprint density at radius 2 is 2.30 bits per heavy atom. The van der Waals surface area contributed by atoms with Crippen molar-refractivity contribution >= 4 is 11.7 Å². The molecule has 2 amide bonds. The Bertz CT molecular complexity index is 683. The summed E-state index contributed by atoms with van der Waals surface area (Å²) in [5.41, 5.74) is 1.48. The zero-order valence-electron chi connectivity index (χ0n) is 13.1. The fraction of sp³-hybridized carbons (Fsp3) is 0.412. The van der Waals surface area contributed by atoms with Crippen LogP contribution in [0.1, 0.15) is 25.0 Å². The maximum atomic E-state index is 12.0. The minimum absolute atomic E-state index is 0.155. The van der Waals surface area contributed by atoms with Crippen LogP contribution in [0.5, 0.6) is 0 Å². The monoisotopic (exact) mass is 315 g/mol. The third-order valence-electron chi connectivity index (χ3n) is 4.13. The van der Waals surface area contributed by atoms with Crippen molar-refractivity contribution in [2.45, 2.75) is 32.3 Å². The van der Waals surface area contributed by atoms with Gasteiger partial charge < -0.3 is 20.2 Å². The van der Waals surface area contributed by atoms with E-state index in [0.717, 1.165) is 30.6 Å². The lowest BCUT2D eigenvalue weighted by Gasteiger charge is -2.15. The number of carbonyl (C=O) groups is 1. The zero-order valence-corrected chi connectivity index (χ0v) is 13.1. The van der Waals surface area contributed by atoms with Gasteiger partial charge in [-0.25, -0.2) is 9.78 Å². The minimum Gasteiger partial charge on any atom is -0.441 e. The van der Waals surface area contributed by atoms with E-state index in [9.17, 15) is 9.90 Å². The van der Waals surface area contributed by atoms with Crippen LogP contribution in [0.4, 0.5) is 10.5 Å². The Hall–Kier alpha value is -2.34. The van der Waals surface area contributed by atoms with E-state index in [-0.39, 0.29) is 18.1 Å². The summed E-state index contributed by atoms with van der Waals surface area (Å²) in [6, 6.07) is 7.07. The number of nitrogens with one attached hydrogen (secondary N) is 2. The fourth-order valence-corrected chi connectivity index (χ4v) is 2.87. The normalized spacial score (nSPS) is 20.4. The number of hydrogen-bond acceptors (Lipinski definition) is 4. The lowest BCUT2D eigenvalue weighted by atomic mass is 10.1. The lowest BCUT2D eigenvalue weighted by Crippen LogP contribution is -2.35. The zero-order chi connectivity index (χ0) is 16.2. The van der Waals surface area contributed by atoms with E-state index >= 15 is 0 Å². The van der Waals surface area contributed by atoms with Crippen LogP contribution in [0, 0.1) is 12.8 Å². The van der Waals surface area contributed by atoms with Crippen molar-refractivity contribution in [3.8, 4) is 11.5 Å². The molecule has 1 saturated carbocycles. The summed E-state index contributed by atoms with van der Waals surface area (Å²) < 4.78 is 5.49. The molecule has 1 aliphatic carbocycles. The van der Waals surface area contributed by atoms with E-state index in [2.05, 4.69) is 15.6 Å². The van der Waals surface area contributed by atoms with E-state index in [1.165, 1.54) is 0 Å². The molecule has 1 aliphatic rings. The van der Waals surface area contributed by atoms with Gasteiger partial charge in [0.2, 0.25) is 5.89 Å². The Balaban J connectivity index is 1.58. The third-order valence-corrected chi connectivity index (χ3v) is 4.13. The molecular formula is C17H21N3O3. The summed E-state index contributed by atoms with van der Waals surface area (Å²) in [6.07, 6.45) is 4.17. The SMILES string of the molecule is Cc1cnc(-c2cccc(NC(=O)NC[C@@H]3CCC[C@@H]3O)c2)o1. The average molecular weight is 315 g/mol. The number of aryl methyl sites for hydroxylation is 1. The number of nitrogens with zero attached hydrogens (tertiary/aromatic N) is 1. The second-order valence-electron chi connectivity index (χ2n) is 5.95. The highest BCUT2D eigenvalue weighted by atomic mass is 16.4. The van der Waals surface area contributed by atoms with E-state index in [0.29, 0.717) is 18.1 Å². The van der Waals surface area contributed by atoms with Gasteiger partial charge in [-0.1, -0.05) is 12.5 Å². The number of benzene rings is 1. The molecule has 1 heterocycles. The topological polar surface area (TPSA) is 87.4 Å². The van der Waals surface area contributed by atoms with E-state index in [4.69, 9.17) is 4.42 Å². The van der Waals surface area contributed by atoms with Crippen molar-refractivity contribution in [1.29, 1.82) is 0 Å². The number of aliphatic hydroxyl groups is 1. The largest absolute Gasteiger partial charge is 0.441 e. The molecule has 2 aromatic rings. The number of amides is 2. The van der Waals surface area contributed by atoms with Crippen LogP contribution in [-0.4, -0.2) is 28.8 Å². The Kier molecular flexibility index (Phi) is 4.62. The van der Waals surface area contributed by atoms with Crippen molar-refractivity contribution < 1.29 is 14.3 Å². The molecular weight excluding hydrogens is 294 g/mol. The van der Waals surface area contributed by atoms with Gasteiger partial charge in [0.15, 0.2) is 0 Å². The first-order chi connectivity index (χ1) is 11.1. The van der Waals surface area contributed by atoms with Crippen LogP contribution in [0.3, 0.4) is 0 Å². The smallest absolute Gasteiger partial charge is 0.319 e. The summed E-state index contributed by atoms with van der Waals surface area (Å²) in [4.78, 5) is 16.2. The van der Waals surface area contributed by atoms with Crippen LogP contribution in [0.2, 0.25) is 0 Å². The quantitative estimate of drug-likeness (QED) is 0.809. The molecule has 0 spiro atoms. The standard InChI is InChI=1S/C17H21N3O3/c1-11-9-18-16(23-11)12-4-2-6-14(8-12)20-17(22)19-10-13-5-3-7-15(13)21/h2,4,6,8-9,13,15,21H,3,5,7,10H2,1H3,(H2,19,20,22)/t13-,15-/m0/s1. The van der Waals surface area contributed by atoms with E-state index in [1.54, 1.807) is 6.20 Å². The van der Waals surface area contributed by atoms with Gasteiger partial charge in [0, 0.05) is 23.7 Å². The maximum absolute atomic E-state index is 12.0. The number of aliphatic hydroxyl groups excluding tert-OH is 1. The van der Waals surface area contributed by atoms with Gasteiger partial charge in [-0.2, -0.15) is 0 Å². The van der Waals surface area contributed by atoms with Crippen molar-refractivity contribution in [3.05, 3.63) is 36.2 Å². The lowest BCUT2D eigenvalue weighted by molar-refractivity contribution is 0.133. The second kappa shape index (κ2) is 6.83. The molecule has 23 heavy (non-hydrogen) atoms. The summed E-state index contributed by atoms with van der Waals surface area (Å²) in [5.74, 6) is 1.43. The van der Waals surface area contributed by atoms with Crippen LogP contribution >= 0.6 is 0 Å². The summed E-state index contributed by atoms with van der Waals surface area (Å²) in [7, 11) is 0. The third kappa shape index (κ3) is 3.90. The molecule has 0 radical (unpaired) electrons. The predicted molar refractivity (Wildman–Crippen MR) is 87.0 cm³/mol. The van der Waals surface area contributed by atoms with Gasteiger partial charge in [-0.05, 0) is 38.0 Å². The molecule has 0 bridgehead atoms. The fourth-order valence-electron chi connectivity index (χ4n) is 2.87. The predicted octanol–water partition coefficient (Wildman–Crippen LogP) is 2.93. The average Bonchev–Trinajstić information content (AvgIpc) is 3.14. The van der Waals surface area contributed by atoms with Gasteiger partial charge in [0.05, 0.1) is 12.3 Å². The van der Waals surface area contributed by atoms with Crippen molar-refractivity contribution in [2.75, 3.05) is 11.9 Å². The first-order valence-corrected chi connectivity index (χ1v) is 7.87. The van der Waals surface area contributed by atoms with Crippen molar-refractivity contribution in [1.82, 2.24) is 10.3 Å². The number of anilines is 1.